The molecular formula is C16H24N6O2. The zero-order valence-electron chi connectivity index (χ0n) is 14.6. The topological polar surface area (TPSA) is 91.2 Å². The van der Waals surface area contributed by atoms with Gasteiger partial charge in [0, 0.05) is 30.7 Å². The number of carbonyl (C=O) groups is 1. The number of hydrogen-bond donors (Lipinski definition) is 1. The lowest BCUT2D eigenvalue weighted by Crippen LogP contribution is -2.36. The quantitative estimate of drug-likeness (QED) is 0.894. The number of hydrogen-bond acceptors (Lipinski definition) is 6. The Morgan fingerprint density at radius 2 is 2.33 bits per heavy atom. The standard InChI is InChI=1S/C16H24N6O2/c1-10(2)15-17-14(20-24-15)9-21(4)12-5-6-22(8-12)16(23)13-7-11(3)18-19-13/h7,10,12H,5-6,8-9H2,1-4H3,(H,18,19)/t12-/m0/s1. The van der Waals surface area contributed by atoms with E-state index in [1.165, 1.54) is 0 Å². The van der Waals surface area contributed by atoms with Crippen molar-refractivity contribution in [2.24, 2.45) is 0 Å². The Labute approximate surface area is 141 Å². The van der Waals surface area contributed by atoms with Crippen LogP contribution in [0.1, 0.15) is 54.1 Å². The van der Waals surface area contributed by atoms with Crippen LogP contribution in [0, 0.1) is 6.92 Å². The summed E-state index contributed by atoms with van der Waals surface area (Å²) in [5, 5.41) is 10.9. The number of nitrogens with zero attached hydrogens (tertiary/aromatic N) is 5. The van der Waals surface area contributed by atoms with E-state index in [1.807, 2.05) is 32.7 Å². The molecule has 0 spiro atoms. The summed E-state index contributed by atoms with van der Waals surface area (Å²) in [6, 6.07) is 2.07. The van der Waals surface area contributed by atoms with E-state index in [4.69, 9.17) is 4.52 Å². The monoisotopic (exact) mass is 332 g/mol. The summed E-state index contributed by atoms with van der Waals surface area (Å²) in [5.74, 6) is 1.56. The molecule has 8 heteroatoms. The van der Waals surface area contributed by atoms with Crippen molar-refractivity contribution in [3.05, 3.63) is 29.2 Å². The number of nitrogens with one attached hydrogen (secondary N) is 1. The molecule has 0 aromatic carbocycles. The van der Waals surface area contributed by atoms with Crippen LogP contribution in [0.25, 0.3) is 0 Å². The first kappa shape index (κ1) is 16.6. The highest BCUT2D eigenvalue weighted by Crippen LogP contribution is 2.19. The normalized spacial score (nSPS) is 18.1. The van der Waals surface area contributed by atoms with Crippen LogP contribution in [0.2, 0.25) is 0 Å². The molecule has 0 bridgehead atoms. The number of rotatable bonds is 5. The molecule has 0 saturated carbocycles. The van der Waals surface area contributed by atoms with Gasteiger partial charge in [0.15, 0.2) is 5.82 Å². The summed E-state index contributed by atoms with van der Waals surface area (Å²) in [6.45, 7) is 7.99. The lowest BCUT2D eigenvalue weighted by molar-refractivity contribution is 0.0773. The van der Waals surface area contributed by atoms with Crippen LogP contribution in [-0.4, -0.2) is 62.2 Å². The smallest absolute Gasteiger partial charge is 0.274 e. The first-order chi connectivity index (χ1) is 11.4. The van der Waals surface area contributed by atoms with E-state index in [2.05, 4.69) is 25.2 Å². The van der Waals surface area contributed by atoms with Gasteiger partial charge in [-0.15, -0.1) is 0 Å². The van der Waals surface area contributed by atoms with E-state index in [0.29, 0.717) is 30.5 Å². The second-order valence-electron chi connectivity index (χ2n) is 6.75. The molecule has 8 nitrogen and oxygen atoms in total. The van der Waals surface area contributed by atoms with Crippen LogP contribution >= 0.6 is 0 Å². The van der Waals surface area contributed by atoms with Crippen molar-refractivity contribution in [3.8, 4) is 0 Å². The van der Waals surface area contributed by atoms with Crippen LogP contribution in [0.15, 0.2) is 10.6 Å². The van der Waals surface area contributed by atoms with Gasteiger partial charge in [-0.25, -0.2) is 0 Å². The summed E-state index contributed by atoms with van der Waals surface area (Å²) in [4.78, 5) is 20.9. The van der Waals surface area contributed by atoms with Crippen molar-refractivity contribution in [3.63, 3.8) is 0 Å². The minimum absolute atomic E-state index is 0.0168. The molecule has 1 fully saturated rings. The van der Waals surface area contributed by atoms with E-state index in [0.717, 1.165) is 18.7 Å². The van der Waals surface area contributed by atoms with Gasteiger partial charge in [-0.3, -0.25) is 14.8 Å². The van der Waals surface area contributed by atoms with Gasteiger partial charge < -0.3 is 9.42 Å². The Morgan fingerprint density at radius 3 is 2.96 bits per heavy atom. The molecule has 2 aromatic heterocycles. The van der Waals surface area contributed by atoms with Crippen molar-refractivity contribution in [2.75, 3.05) is 20.1 Å². The largest absolute Gasteiger partial charge is 0.339 e. The van der Waals surface area contributed by atoms with Crippen LogP contribution in [0.5, 0.6) is 0 Å². The number of H-pyrrole nitrogens is 1. The zero-order chi connectivity index (χ0) is 17.3. The zero-order valence-corrected chi connectivity index (χ0v) is 14.6. The van der Waals surface area contributed by atoms with Gasteiger partial charge in [0.1, 0.15) is 5.69 Å². The highest BCUT2D eigenvalue weighted by atomic mass is 16.5. The second kappa shape index (κ2) is 6.72. The minimum atomic E-state index is -0.0168. The van der Waals surface area contributed by atoms with Crippen LogP contribution in [-0.2, 0) is 6.54 Å². The van der Waals surface area contributed by atoms with E-state index in [1.54, 1.807) is 6.07 Å². The molecule has 3 rings (SSSR count). The third-order valence-electron chi connectivity index (χ3n) is 4.37. The number of likely N-dealkylation sites (N-methyl/N-ethyl adjacent to an activating group) is 1. The van der Waals surface area contributed by atoms with Crippen molar-refractivity contribution in [1.82, 2.24) is 30.1 Å². The van der Waals surface area contributed by atoms with E-state index in [-0.39, 0.29) is 17.9 Å². The summed E-state index contributed by atoms with van der Waals surface area (Å²) in [7, 11) is 2.03. The molecule has 3 heterocycles. The summed E-state index contributed by atoms with van der Waals surface area (Å²) in [6.07, 6.45) is 0.931. The molecule has 24 heavy (non-hydrogen) atoms. The van der Waals surface area contributed by atoms with Crippen molar-refractivity contribution in [2.45, 2.75) is 45.7 Å². The van der Waals surface area contributed by atoms with E-state index < -0.39 is 0 Å². The van der Waals surface area contributed by atoms with Crippen LogP contribution in [0.3, 0.4) is 0 Å². The number of aromatic nitrogens is 4. The third-order valence-corrected chi connectivity index (χ3v) is 4.37. The lowest BCUT2D eigenvalue weighted by atomic mass is 10.2. The molecule has 1 atom stereocenters. The SMILES string of the molecule is Cc1cc(C(=O)N2CC[C@H](N(C)Cc3noc(C(C)C)n3)C2)n[nH]1. The maximum atomic E-state index is 12.5. The molecule has 2 aromatic rings. The summed E-state index contributed by atoms with van der Waals surface area (Å²) in [5.41, 5.74) is 1.37. The van der Waals surface area contributed by atoms with E-state index >= 15 is 0 Å². The van der Waals surface area contributed by atoms with Gasteiger partial charge in [0.2, 0.25) is 5.89 Å². The maximum absolute atomic E-state index is 12.5. The van der Waals surface area contributed by atoms with Crippen LogP contribution < -0.4 is 0 Å². The average molecular weight is 332 g/mol. The Kier molecular flexibility index (Phi) is 4.66. The highest BCUT2D eigenvalue weighted by molar-refractivity contribution is 5.92. The van der Waals surface area contributed by atoms with E-state index in [9.17, 15) is 4.79 Å². The Hall–Kier alpha value is -2.22. The van der Waals surface area contributed by atoms with Gasteiger partial charge >= 0.3 is 0 Å². The summed E-state index contributed by atoms with van der Waals surface area (Å²) >= 11 is 0. The van der Waals surface area contributed by atoms with Gasteiger partial charge in [0.05, 0.1) is 6.54 Å². The second-order valence-corrected chi connectivity index (χ2v) is 6.75. The molecule has 1 amide bonds. The van der Waals surface area contributed by atoms with Crippen molar-refractivity contribution < 1.29 is 9.32 Å². The average Bonchev–Trinajstić information content (AvgIpc) is 3.26. The lowest BCUT2D eigenvalue weighted by Gasteiger charge is -2.23. The number of carbonyl (C=O) groups excluding carboxylic acids is 1. The molecule has 1 N–H and O–H groups in total. The first-order valence-electron chi connectivity index (χ1n) is 8.28. The maximum Gasteiger partial charge on any atom is 0.274 e. The third kappa shape index (κ3) is 3.48. The highest BCUT2D eigenvalue weighted by Gasteiger charge is 2.30. The van der Waals surface area contributed by atoms with Crippen molar-refractivity contribution >= 4 is 5.91 Å². The molecule has 130 valence electrons. The number of likely N-dealkylation sites (tertiary alicyclic amines) is 1. The predicted octanol–water partition coefficient (Wildman–Crippen LogP) is 1.57. The molecular weight excluding hydrogens is 308 g/mol. The molecule has 1 aliphatic heterocycles. The minimum Gasteiger partial charge on any atom is -0.339 e. The fourth-order valence-corrected chi connectivity index (χ4v) is 2.89. The Bertz CT molecular complexity index is 707. The number of aromatic amines is 1. The van der Waals surface area contributed by atoms with Gasteiger partial charge in [-0.05, 0) is 26.5 Å². The predicted molar refractivity (Wildman–Crippen MR) is 87.5 cm³/mol. The van der Waals surface area contributed by atoms with Crippen LogP contribution in [0.4, 0.5) is 0 Å². The molecule has 0 unspecified atom stereocenters. The van der Waals surface area contributed by atoms with Gasteiger partial charge in [-0.2, -0.15) is 10.1 Å². The number of amides is 1. The molecule has 1 aliphatic rings. The molecule has 1 saturated heterocycles. The molecule has 0 radical (unpaired) electrons. The first-order valence-corrected chi connectivity index (χ1v) is 8.28. The fraction of sp³-hybridized carbons (Fsp3) is 0.625. The number of aryl methyl sites for hydroxylation is 1. The summed E-state index contributed by atoms with van der Waals surface area (Å²) < 4.78 is 5.25. The van der Waals surface area contributed by atoms with Crippen molar-refractivity contribution in [1.29, 1.82) is 0 Å². The molecule has 0 aliphatic carbocycles. The Balaban J connectivity index is 1.57. The van der Waals surface area contributed by atoms with Gasteiger partial charge in [0.25, 0.3) is 5.91 Å². The van der Waals surface area contributed by atoms with Gasteiger partial charge in [-0.1, -0.05) is 19.0 Å². The fourth-order valence-electron chi connectivity index (χ4n) is 2.89. The Morgan fingerprint density at radius 1 is 1.54 bits per heavy atom.